The summed E-state index contributed by atoms with van der Waals surface area (Å²) in [6.07, 6.45) is 5.66. The minimum absolute atomic E-state index is 0.0266. The molecule has 0 saturated heterocycles. The molecule has 5 atom stereocenters. The summed E-state index contributed by atoms with van der Waals surface area (Å²) < 4.78 is 5.16. The molecule has 1 fully saturated rings. The molecule has 1 amide bonds. The maximum Gasteiger partial charge on any atom is 0.224 e. The van der Waals surface area contributed by atoms with Crippen LogP contribution in [0.1, 0.15) is 31.9 Å². The molecule has 2 bridgehead atoms. The molecule has 1 aromatic carbocycles. The van der Waals surface area contributed by atoms with Gasteiger partial charge in [0, 0.05) is 5.92 Å². The van der Waals surface area contributed by atoms with E-state index in [1.165, 1.54) is 0 Å². The second kappa shape index (κ2) is 5.55. The zero-order valence-electron chi connectivity index (χ0n) is 12.9. The molecule has 2 aliphatic carbocycles. The van der Waals surface area contributed by atoms with E-state index in [1.807, 2.05) is 31.2 Å². The summed E-state index contributed by atoms with van der Waals surface area (Å²) in [4.78, 5) is 12.6. The number of fused-ring (bicyclic) bond motifs is 2. The molecule has 112 valence electrons. The first-order valence-electron chi connectivity index (χ1n) is 7.73. The Labute approximate surface area is 126 Å². The molecule has 1 N–H and O–H groups in total. The molecule has 3 nitrogen and oxygen atoms in total. The van der Waals surface area contributed by atoms with Gasteiger partial charge >= 0.3 is 0 Å². The third-order valence-electron chi connectivity index (χ3n) is 5.13. The first-order valence-corrected chi connectivity index (χ1v) is 7.73. The Kier molecular flexibility index (Phi) is 3.75. The van der Waals surface area contributed by atoms with Crippen molar-refractivity contribution in [3.05, 3.63) is 42.0 Å². The number of nitrogens with one attached hydrogen (secondary N) is 1. The largest absolute Gasteiger partial charge is 0.497 e. The SMILES string of the molecule is COc1ccc([C@@H](C)NC(=O)C2[C@@H]3C=C[C@@H](C3)[C@@H]2C)cc1. The van der Waals surface area contributed by atoms with Crippen molar-refractivity contribution in [1.29, 1.82) is 0 Å². The highest BCUT2D eigenvalue weighted by Crippen LogP contribution is 2.47. The zero-order valence-corrected chi connectivity index (χ0v) is 12.9. The Hall–Kier alpha value is -1.77. The lowest BCUT2D eigenvalue weighted by atomic mass is 9.83. The molecule has 1 unspecified atom stereocenters. The van der Waals surface area contributed by atoms with Crippen LogP contribution in [0.25, 0.3) is 0 Å². The van der Waals surface area contributed by atoms with Crippen molar-refractivity contribution in [2.24, 2.45) is 23.7 Å². The van der Waals surface area contributed by atoms with E-state index in [9.17, 15) is 4.79 Å². The summed E-state index contributed by atoms with van der Waals surface area (Å²) in [5.41, 5.74) is 1.11. The molecule has 1 aromatic rings. The molecule has 2 aliphatic rings. The molecule has 0 radical (unpaired) electrons. The molecule has 0 aromatic heterocycles. The zero-order chi connectivity index (χ0) is 15.0. The number of benzene rings is 1. The average molecular weight is 285 g/mol. The number of rotatable bonds is 4. The van der Waals surface area contributed by atoms with Gasteiger partial charge in [0.15, 0.2) is 0 Å². The highest BCUT2D eigenvalue weighted by Gasteiger charge is 2.45. The van der Waals surface area contributed by atoms with E-state index < -0.39 is 0 Å². The molecular weight excluding hydrogens is 262 g/mol. The van der Waals surface area contributed by atoms with Crippen molar-refractivity contribution >= 4 is 5.91 Å². The van der Waals surface area contributed by atoms with Gasteiger partial charge in [-0.2, -0.15) is 0 Å². The summed E-state index contributed by atoms with van der Waals surface area (Å²) >= 11 is 0. The van der Waals surface area contributed by atoms with Gasteiger partial charge in [-0.3, -0.25) is 4.79 Å². The fourth-order valence-corrected chi connectivity index (χ4v) is 3.79. The quantitative estimate of drug-likeness (QED) is 0.862. The average Bonchev–Trinajstić information content (AvgIpc) is 3.08. The van der Waals surface area contributed by atoms with Gasteiger partial charge in [0.2, 0.25) is 5.91 Å². The fourth-order valence-electron chi connectivity index (χ4n) is 3.79. The number of allylic oxidation sites excluding steroid dienone is 2. The highest BCUT2D eigenvalue weighted by atomic mass is 16.5. The number of carbonyl (C=O) groups is 1. The van der Waals surface area contributed by atoms with Gasteiger partial charge in [-0.05, 0) is 48.8 Å². The second-order valence-electron chi connectivity index (χ2n) is 6.34. The molecule has 3 heteroatoms. The Balaban J connectivity index is 1.65. The second-order valence-corrected chi connectivity index (χ2v) is 6.34. The maximum atomic E-state index is 12.6. The third kappa shape index (κ3) is 2.57. The Morgan fingerprint density at radius 2 is 1.90 bits per heavy atom. The number of hydrogen-bond donors (Lipinski definition) is 1. The smallest absolute Gasteiger partial charge is 0.224 e. The predicted octanol–water partition coefficient (Wildman–Crippen LogP) is 3.33. The van der Waals surface area contributed by atoms with Crippen molar-refractivity contribution in [3.8, 4) is 5.75 Å². The Bertz CT molecular complexity index is 549. The van der Waals surface area contributed by atoms with Crippen molar-refractivity contribution in [2.75, 3.05) is 7.11 Å². The van der Waals surface area contributed by atoms with Crippen LogP contribution >= 0.6 is 0 Å². The van der Waals surface area contributed by atoms with Crippen molar-refractivity contribution < 1.29 is 9.53 Å². The van der Waals surface area contributed by atoms with Gasteiger partial charge in [0.25, 0.3) is 0 Å². The molecular formula is C18H23NO2. The first-order chi connectivity index (χ1) is 10.1. The molecule has 0 heterocycles. The Morgan fingerprint density at radius 1 is 1.24 bits per heavy atom. The van der Waals surface area contributed by atoms with Crippen LogP contribution in [-0.2, 0) is 4.79 Å². The highest BCUT2D eigenvalue weighted by molar-refractivity contribution is 5.80. The first kappa shape index (κ1) is 14.2. The fraction of sp³-hybridized carbons (Fsp3) is 0.500. The number of hydrogen-bond acceptors (Lipinski definition) is 2. The lowest BCUT2D eigenvalue weighted by Crippen LogP contribution is -2.37. The normalized spacial score (nSPS) is 31.2. The third-order valence-corrected chi connectivity index (χ3v) is 5.13. The topological polar surface area (TPSA) is 38.3 Å². The molecule has 0 spiro atoms. The summed E-state index contributed by atoms with van der Waals surface area (Å²) in [5, 5.41) is 3.18. The molecule has 21 heavy (non-hydrogen) atoms. The van der Waals surface area contributed by atoms with E-state index in [0.29, 0.717) is 17.8 Å². The van der Waals surface area contributed by atoms with E-state index >= 15 is 0 Å². The van der Waals surface area contributed by atoms with Crippen molar-refractivity contribution in [2.45, 2.75) is 26.3 Å². The van der Waals surface area contributed by atoms with E-state index in [4.69, 9.17) is 4.74 Å². The Morgan fingerprint density at radius 3 is 2.48 bits per heavy atom. The van der Waals surface area contributed by atoms with E-state index in [0.717, 1.165) is 17.7 Å². The van der Waals surface area contributed by atoms with Crippen molar-refractivity contribution in [3.63, 3.8) is 0 Å². The molecule has 0 aliphatic heterocycles. The van der Waals surface area contributed by atoms with Crippen molar-refractivity contribution in [1.82, 2.24) is 5.32 Å². The van der Waals surface area contributed by atoms with Gasteiger partial charge in [-0.25, -0.2) is 0 Å². The van der Waals surface area contributed by atoms with Gasteiger partial charge in [0.1, 0.15) is 5.75 Å². The van der Waals surface area contributed by atoms with Gasteiger partial charge < -0.3 is 10.1 Å². The minimum atomic E-state index is 0.0266. The molecule has 1 saturated carbocycles. The lowest BCUT2D eigenvalue weighted by molar-refractivity contribution is -0.127. The molecule has 3 rings (SSSR count). The minimum Gasteiger partial charge on any atom is -0.497 e. The van der Waals surface area contributed by atoms with Crippen LogP contribution in [0.4, 0.5) is 0 Å². The van der Waals surface area contributed by atoms with E-state index in [-0.39, 0.29) is 17.9 Å². The van der Waals surface area contributed by atoms with Crippen LogP contribution in [0, 0.1) is 23.7 Å². The lowest BCUT2D eigenvalue weighted by Gasteiger charge is -2.26. The van der Waals surface area contributed by atoms with Crippen LogP contribution < -0.4 is 10.1 Å². The van der Waals surface area contributed by atoms with Gasteiger partial charge in [-0.1, -0.05) is 31.2 Å². The summed E-state index contributed by atoms with van der Waals surface area (Å²) in [5.74, 6) is 2.67. The number of ether oxygens (including phenoxy) is 1. The number of carbonyl (C=O) groups excluding carboxylic acids is 1. The summed E-state index contributed by atoms with van der Waals surface area (Å²) in [7, 11) is 1.66. The predicted molar refractivity (Wildman–Crippen MR) is 82.9 cm³/mol. The van der Waals surface area contributed by atoms with Crippen LogP contribution in [0.15, 0.2) is 36.4 Å². The van der Waals surface area contributed by atoms with Crippen LogP contribution in [0.3, 0.4) is 0 Å². The van der Waals surface area contributed by atoms with E-state index in [2.05, 4.69) is 24.4 Å². The summed E-state index contributed by atoms with van der Waals surface area (Å²) in [6, 6.07) is 7.91. The van der Waals surface area contributed by atoms with E-state index in [1.54, 1.807) is 7.11 Å². The number of methoxy groups -OCH3 is 1. The standard InChI is InChI=1S/C18H23NO2/c1-11-14-4-5-15(10-14)17(11)18(20)19-12(2)13-6-8-16(21-3)9-7-13/h4-9,11-12,14-15,17H,10H2,1-3H3,(H,19,20)/t11-,12+,14-,15+,17?/m0/s1. The van der Waals surface area contributed by atoms with Gasteiger partial charge in [0.05, 0.1) is 13.2 Å². The van der Waals surface area contributed by atoms with Crippen LogP contribution in [0.2, 0.25) is 0 Å². The van der Waals surface area contributed by atoms with Crippen LogP contribution in [0.5, 0.6) is 5.75 Å². The summed E-state index contributed by atoms with van der Waals surface area (Å²) in [6.45, 7) is 4.24. The number of amides is 1. The maximum absolute atomic E-state index is 12.6. The van der Waals surface area contributed by atoms with Crippen LogP contribution in [-0.4, -0.2) is 13.0 Å². The van der Waals surface area contributed by atoms with Gasteiger partial charge in [-0.15, -0.1) is 0 Å². The monoisotopic (exact) mass is 285 g/mol.